The van der Waals surface area contributed by atoms with E-state index in [0.717, 1.165) is 31.6 Å². The van der Waals surface area contributed by atoms with Crippen LogP contribution in [0.3, 0.4) is 0 Å². The van der Waals surface area contributed by atoms with E-state index in [1.54, 1.807) is 30.3 Å². The highest BCUT2D eigenvalue weighted by molar-refractivity contribution is 7.89. The number of anilines is 2. The van der Waals surface area contributed by atoms with E-state index in [9.17, 15) is 13.2 Å². The minimum Gasteiger partial charge on any atom is -0.459 e. The van der Waals surface area contributed by atoms with Crippen LogP contribution in [0.4, 0.5) is 11.4 Å². The standard InChI is InChI=1S/C20H27N3O4S/c1-3-23(4-2)28(25,26)16-10-11-18(22-12-6-5-7-13-22)17(15-16)21-20(24)19-9-8-14-27-19/h8-11,14-15H,3-7,12-13H2,1-2H3,(H,21,24). The molecule has 0 atom stereocenters. The summed E-state index contributed by atoms with van der Waals surface area (Å²) in [7, 11) is -3.62. The largest absolute Gasteiger partial charge is 0.459 e. The second-order valence-electron chi connectivity index (χ2n) is 6.75. The average Bonchev–Trinajstić information content (AvgIpc) is 3.24. The van der Waals surface area contributed by atoms with E-state index in [4.69, 9.17) is 4.42 Å². The zero-order valence-corrected chi connectivity index (χ0v) is 17.2. The zero-order chi connectivity index (χ0) is 20.1. The molecular weight excluding hydrogens is 378 g/mol. The van der Waals surface area contributed by atoms with Crippen LogP contribution in [-0.2, 0) is 10.0 Å². The van der Waals surface area contributed by atoms with Crippen LogP contribution in [0.15, 0.2) is 45.9 Å². The molecular formula is C20H27N3O4S. The van der Waals surface area contributed by atoms with Gasteiger partial charge < -0.3 is 14.6 Å². The Kier molecular flexibility index (Phi) is 6.41. The van der Waals surface area contributed by atoms with Crippen molar-refractivity contribution in [2.24, 2.45) is 0 Å². The molecule has 1 aliphatic heterocycles. The Morgan fingerprint density at radius 3 is 2.46 bits per heavy atom. The quantitative estimate of drug-likeness (QED) is 0.762. The van der Waals surface area contributed by atoms with Gasteiger partial charge in [-0.1, -0.05) is 13.8 Å². The molecule has 8 heteroatoms. The maximum atomic E-state index is 12.9. The van der Waals surface area contributed by atoms with Gasteiger partial charge in [0.1, 0.15) is 0 Å². The molecule has 0 bridgehead atoms. The number of nitrogens with one attached hydrogen (secondary N) is 1. The van der Waals surface area contributed by atoms with Gasteiger partial charge in [-0.2, -0.15) is 4.31 Å². The summed E-state index contributed by atoms with van der Waals surface area (Å²) in [5.41, 5.74) is 1.31. The van der Waals surface area contributed by atoms with Crippen molar-refractivity contribution >= 4 is 27.3 Å². The minimum absolute atomic E-state index is 0.173. The number of nitrogens with zero attached hydrogens (tertiary/aromatic N) is 2. The monoisotopic (exact) mass is 405 g/mol. The van der Waals surface area contributed by atoms with E-state index in [0.29, 0.717) is 18.8 Å². The Hall–Kier alpha value is -2.32. The number of piperidine rings is 1. The molecule has 0 radical (unpaired) electrons. The molecule has 1 amide bonds. The highest BCUT2D eigenvalue weighted by Crippen LogP contribution is 2.32. The Morgan fingerprint density at radius 2 is 1.86 bits per heavy atom. The molecule has 0 unspecified atom stereocenters. The molecule has 1 aromatic carbocycles. The molecule has 1 fully saturated rings. The molecule has 2 aromatic rings. The van der Waals surface area contributed by atoms with Crippen molar-refractivity contribution in [3.63, 3.8) is 0 Å². The summed E-state index contributed by atoms with van der Waals surface area (Å²) >= 11 is 0. The predicted octanol–water partition coefficient (Wildman–Crippen LogP) is 3.55. The number of hydrogen-bond donors (Lipinski definition) is 1. The molecule has 28 heavy (non-hydrogen) atoms. The summed E-state index contributed by atoms with van der Waals surface area (Å²) in [5, 5.41) is 2.84. The Balaban J connectivity index is 2.00. The van der Waals surface area contributed by atoms with E-state index >= 15 is 0 Å². The van der Waals surface area contributed by atoms with Gasteiger partial charge in [0.15, 0.2) is 5.76 Å². The van der Waals surface area contributed by atoms with Crippen LogP contribution in [0.2, 0.25) is 0 Å². The van der Waals surface area contributed by atoms with Crippen molar-refractivity contribution < 1.29 is 17.6 Å². The number of amides is 1. The molecule has 1 saturated heterocycles. The smallest absolute Gasteiger partial charge is 0.291 e. The molecule has 1 N–H and O–H groups in total. The van der Waals surface area contributed by atoms with Gasteiger partial charge in [-0.3, -0.25) is 4.79 Å². The zero-order valence-electron chi connectivity index (χ0n) is 16.3. The van der Waals surface area contributed by atoms with Crippen molar-refractivity contribution in [3.05, 3.63) is 42.4 Å². The normalized spacial score (nSPS) is 15.0. The van der Waals surface area contributed by atoms with Crippen LogP contribution in [0.1, 0.15) is 43.7 Å². The second kappa shape index (κ2) is 8.79. The lowest BCUT2D eigenvalue weighted by Gasteiger charge is -2.31. The second-order valence-corrected chi connectivity index (χ2v) is 8.69. The van der Waals surface area contributed by atoms with Crippen LogP contribution in [0.25, 0.3) is 0 Å². The van der Waals surface area contributed by atoms with Crippen molar-refractivity contribution in [3.8, 4) is 0 Å². The SMILES string of the molecule is CCN(CC)S(=O)(=O)c1ccc(N2CCCCC2)c(NC(=O)c2ccco2)c1. The first kappa shape index (κ1) is 20.4. The van der Waals surface area contributed by atoms with Gasteiger partial charge in [-0.25, -0.2) is 8.42 Å². The van der Waals surface area contributed by atoms with E-state index < -0.39 is 15.9 Å². The lowest BCUT2D eigenvalue weighted by molar-refractivity contribution is 0.0996. The third-order valence-corrected chi connectivity index (χ3v) is 7.05. The van der Waals surface area contributed by atoms with Gasteiger partial charge in [0.25, 0.3) is 5.91 Å². The Labute approximate surface area is 166 Å². The maximum Gasteiger partial charge on any atom is 0.291 e. The van der Waals surface area contributed by atoms with Gasteiger partial charge in [0.05, 0.1) is 22.5 Å². The summed E-state index contributed by atoms with van der Waals surface area (Å²) < 4.78 is 32.4. The van der Waals surface area contributed by atoms with Crippen LogP contribution in [-0.4, -0.2) is 44.8 Å². The van der Waals surface area contributed by atoms with Crippen LogP contribution >= 0.6 is 0 Å². The molecule has 3 rings (SSSR count). The number of carbonyl (C=O) groups excluding carboxylic acids is 1. The Morgan fingerprint density at radius 1 is 1.14 bits per heavy atom. The van der Waals surface area contributed by atoms with Crippen LogP contribution < -0.4 is 10.2 Å². The van der Waals surface area contributed by atoms with Gasteiger partial charge >= 0.3 is 0 Å². The van der Waals surface area contributed by atoms with Crippen molar-refractivity contribution in [2.45, 2.75) is 38.0 Å². The topological polar surface area (TPSA) is 82.9 Å². The van der Waals surface area contributed by atoms with Crippen molar-refractivity contribution in [1.82, 2.24) is 4.31 Å². The highest BCUT2D eigenvalue weighted by atomic mass is 32.2. The third kappa shape index (κ3) is 4.23. The molecule has 7 nitrogen and oxygen atoms in total. The first-order valence-electron chi connectivity index (χ1n) is 9.71. The predicted molar refractivity (Wildman–Crippen MR) is 109 cm³/mol. The average molecular weight is 406 g/mol. The van der Waals surface area contributed by atoms with E-state index in [1.165, 1.54) is 17.0 Å². The first-order chi connectivity index (χ1) is 13.5. The van der Waals surface area contributed by atoms with Gasteiger partial charge in [0, 0.05) is 26.2 Å². The van der Waals surface area contributed by atoms with Crippen LogP contribution in [0.5, 0.6) is 0 Å². The molecule has 0 spiro atoms. The van der Waals surface area contributed by atoms with E-state index in [-0.39, 0.29) is 10.7 Å². The number of furan rings is 1. The van der Waals surface area contributed by atoms with Gasteiger partial charge in [0.2, 0.25) is 10.0 Å². The molecule has 1 aromatic heterocycles. The lowest BCUT2D eigenvalue weighted by Crippen LogP contribution is -2.32. The highest BCUT2D eigenvalue weighted by Gasteiger charge is 2.25. The summed E-state index contributed by atoms with van der Waals surface area (Å²) in [5.74, 6) is -0.220. The minimum atomic E-state index is -3.62. The summed E-state index contributed by atoms with van der Waals surface area (Å²) in [6, 6.07) is 8.19. The molecule has 152 valence electrons. The number of benzene rings is 1. The first-order valence-corrected chi connectivity index (χ1v) is 11.2. The van der Waals surface area contributed by atoms with Gasteiger partial charge in [-0.15, -0.1) is 0 Å². The van der Waals surface area contributed by atoms with Crippen LogP contribution in [0, 0.1) is 0 Å². The number of sulfonamides is 1. The number of hydrogen-bond acceptors (Lipinski definition) is 5. The van der Waals surface area contributed by atoms with Crippen molar-refractivity contribution in [1.29, 1.82) is 0 Å². The Bertz CT molecular complexity index is 900. The molecule has 1 aliphatic rings. The summed E-state index contributed by atoms with van der Waals surface area (Å²) in [4.78, 5) is 14.9. The lowest BCUT2D eigenvalue weighted by atomic mass is 10.1. The third-order valence-electron chi connectivity index (χ3n) is 5.00. The van der Waals surface area contributed by atoms with Gasteiger partial charge in [-0.05, 0) is 49.6 Å². The van der Waals surface area contributed by atoms with E-state index in [2.05, 4.69) is 10.2 Å². The number of carbonyl (C=O) groups is 1. The fraction of sp³-hybridized carbons (Fsp3) is 0.450. The fourth-order valence-electron chi connectivity index (χ4n) is 3.49. The van der Waals surface area contributed by atoms with E-state index in [1.807, 2.05) is 13.8 Å². The fourth-order valence-corrected chi connectivity index (χ4v) is 4.98. The maximum absolute atomic E-state index is 12.9. The summed E-state index contributed by atoms with van der Waals surface area (Å²) in [6.45, 7) is 6.16. The number of rotatable bonds is 7. The summed E-state index contributed by atoms with van der Waals surface area (Å²) in [6.07, 6.45) is 4.76. The molecule has 0 aliphatic carbocycles. The van der Waals surface area contributed by atoms with Crippen molar-refractivity contribution in [2.75, 3.05) is 36.4 Å². The molecule has 0 saturated carbocycles. The molecule has 2 heterocycles.